The summed E-state index contributed by atoms with van der Waals surface area (Å²) < 4.78 is 6.36. The van der Waals surface area contributed by atoms with Crippen molar-refractivity contribution in [3.05, 3.63) is 34.2 Å². The van der Waals surface area contributed by atoms with Crippen molar-refractivity contribution >= 4 is 40.3 Å². The van der Waals surface area contributed by atoms with E-state index in [-0.39, 0.29) is 12.0 Å². The van der Waals surface area contributed by atoms with Gasteiger partial charge >= 0.3 is 0 Å². The van der Waals surface area contributed by atoms with Gasteiger partial charge in [0, 0.05) is 13.0 Å². The zero-order valence-corrected chi connectivity index (χ0v) is 14.6. The Morgan fingerprint density at radius 3 is 3.00 bits per heavy atom. The highest BCUT2D eigenvalue weighted by molar-refractivity contribution is 8.26. The molecule has 3 rings (SSSR count). The van der Waals surface area contributed by atoms with Gasteiger partial charge < -0.3 is 4.74 Å². The van der Waals surface area contributed by atoms with Crippen molar-refractivity contribution in [1.29, 1.82) is 0 Å². The summed E-state index contributed by atoms with van der Waals surface area (Å²) >= 11 is 6.72. The van der Waals surface area contributed by atoms with Crippen LogP contribution in [0.15, 0.2) is 23.1 Å². The summed E-state index contributed by atoms with van der Waals surface area (Å²) in [6.07, 6.45) is 3.09. The standard InChI is InChI=1S/C17H19NO2S2/c1-10(2)9-18-16(19)15(22-17(18)21)8-12-4-5-14-13(7-12)6-11(3)20-14/h4-5,7-8,10-11H,6,9H2,1-3H3/b15-8+. The molecule has 0 aromatic heterocycles. The van der Waals surface area contributed by atoms with Crippen molar-refractivity contribution in [2.24, 2.45) is 5.92 Å². The molecule has 1 saturated heterocycles. The Balaban J connectivity index is 1.83. The zero-order chi connectivity index (χ0) is 15.9. The van der Waals surface area contributed by atoms with Gasteiger partial charge in [-0.05, 0) is 42.2 Å². The lowest BCUT2D eigenvalue weighted by atomic mass is 10.1. The van der Waals surface area contributed by atoms with Crippen LogP contribution in [0, 0.1) is 5.92 Å². The van der Waals surface area contributed by atoms with Crippen molar-refractivity contribution < 1.29 is 9.53 Å². The van der Waals surface area contributed by atoms with E-state index in [0.29, 0.717) is 21.7 Å². The molecule has 1 unspecified atom stereocenters. The lowest BCUT2D eigenvalue weighted by Gasteiger charge is -2.16. The molecular formula is C17H19NO2S2. The zero-order valence-electron chi connectivity index (χ0n) is 13.0. The molecule has 0 radical (unpaired) electrons. The summed E-state index contributed by atoms with van der Waals surface area (Å²) in [5.41, 5.74) is 2.24. The SMILES string of the molecule is CC(C)CN1C(=O)/C(=C\c2ccc3c(c2)CC(C)O3)SC1=S. The van der Waals surface area contributed by atoms with Gasteiger partial charge in [-0.25, -0.2) is 0 Å². The minimum Gasteiger partial charge on any atom is -0.490 e. The Kier molecular flexibility index (Phi) is 4.28. The van der Waals surface area contributed by atoms with Crippen LogP contribution in [0.1, 0.15) is 31.9 Å². The highest BCUT2D eigenvalue weighted by Crippen LogP contribution is 2.35. The molecule has 1 atom stereocenters. The Hall–Kier alpha value is -1.33. The molecule has 0 N–H and O–H groups in total. The quantitative estimate of drug-likeness (QED) is 0.620. The third-order valence-corrected chi connectivity index (χ3v) is 5.02. The monoisotopic (exact) mass is 333 g/mol. The first kappa shape index (κ1) is 15.6. The highest BCUT2D eigenvalue weighted by Gasteiger charge is 2.32. The van der Waals surface area contributed by atoms with E-state index < -0.39 is 0 Å². The van der Waals surface area contributed by atoms with Crippen LogP contribution >= 0.6 is 24.0 Å². The molecule has 1 fully saturated rings. The van der Waals surface area contributed by atoms with Crippen molar-refractivity contribution in [3.63, 3.8) is 0 Å². The Morgan fingerprint density at radius 2 is 2.27 bits per heavy atom. The number of benzene rings is 1. The van der Waals surface area contributed by atoms with E-state index in [1.807, 2.05) is 18.2 Å². The molecule has 1 aromatic rings. The minimum absolute atomic E-state index is 0.0221. The topological polar surface area (TPSA) is 29.5 Å². The third kappa shape index (κ3) is 3.06. The number of ether oxygens (including phenoxy) is 1. The second-order valence-electron chi connectivity index (χ2n) is 6.19. The summed E-state index contributed by atoms with van der Waals surface area (Å²) in [4.78, 5) is 14.9. The summed E-state index contributed by atoms with van der Waals surface area (Å²) in [7, 11) is 0. The van der Waals surface area contributed by atoms with Gasteiger partial charge in [0.1, 0.15) is 16.2 Å². The molecule has 1 aromatic carbocycles. The maximum atomic E-state index is 12.5. The Labute approximate surface area is 140 Å². The smallest absolute Gasteiger partial charge is 0.266 e. The van der Waals surface area contributed by atoms with Gasteiger partial charge in [-0.2, -0.15) is 0 Å². The van der Waals surface area contributed by atoms with Crippen LogP contribution in [-0.2, 0) is 11.2 Å². The fourth-order valence-corrected chi connectivity index (χ4v) is 3.98. The third-order valence-electron chi connectivity index (χ3n) is 3.64. The molecule has 2 aliphatic rings. The lowest BCUT2D eigenvalue weighted by molar-refractivity contribution is -0.122. The maximum absolute atomic E-state index is 12.5. The molecule has 5 heteroatoms. The molecule has 116 valence electrons. The van der Waals surface area contributed by atoms with Gasteiger partial charge in [-0.15, -0.1) is 0 Å². The van der Waals surface area contributed by atoms with Crippen LogP contribution in [0.25, 0.3) is 6.08 Å². The van der Waals surface area contributed by atoms with Crippen molar-refractivity contribution in [2.75, 3.05) is 6.54 Å². The number of nitrogens with zero attached hydrogens (tertiary/aromatic N) is 1. The molecule has 1 amide bonds. The average Bonchev–Trinajstić information content (AvgIpc) is 2.92. The Morgan fingerprint density at radius 1 is 1.50 bits per heavy atom. The number of hydrogen-bond donors (Lipinski definition) is 0. The number of hydrogen-bond acceptors (Lipinski definition) is 4. The van der Waals surface area contributed by atoms with Crippen LogP contribution in [0.4, 0.5) is 0 Å². The molecular weight excluding hydrogens is 314 g/mol. The summed E-state index contributed by atoms with van der Waals surface area (Å²) in [6, 6.07) is 6.08. The first-order valence-corrected chi connectivity index (χ1v) is 8.71. The van der Waals surface area contributed by atoms with E-state index in [0.717, 1.165) is 17.7 Å². The maximum Gasteiger partial charge on any atom is 0.266 e. The molecule has 22 heavy (non-hydrogen) atoms. The predicted molar refractivity (Wildman–Crippen MR) is 95.0 cm³/mol. The highest BCUT2D eigenvalue weighted by atomic mass is 32.2. The largest absolute Gasteiger partial charge is 0.490 e. The number of carbonyl (C=O) groups excluding carboxylic acids is 1. The fourth-order valence-electron chi connectivity index (χ4n) is 2.71. The van der Waals surface area contributed by atoms with E-state index in [2.05, 4.69) is 26.8 Å². The van der Waals surface area contributed by atoms with Gasteiger partial charge in [0.25, 0.3) is 5.91 Å². The van der Waals surface area contributed by atoms with E-state index >= 15 is 0 Å². The number of rotatable bonds is 3. The van der Waals surface area contributed by atoms with E-state index in [4.69, 9.17) is 17.0 Å². The molecule has 0 saturated carbocycles. The average molecular weight is 333 g/mol. The van der Waals surface area contributed by atoms with Crippen LogP contribution < -0.4 is 4.74 Å². The number of thiocarbonyl (C=S) groups is 1. The number of amides is 1. The van der Waals surface area contributed by atoms with Gasteiger partial charge in [-0.1, -0.05) is 43.9 Å². The first-order valence-electron chi connectivity index (χ1n) is 7.49. The molecule has 0 aliphatic carbocycles. The van der Waals surface area contributed by atoms with E-state index in [1.54, 1.807) is 4.90 Å². The van der Waals surface area contributed by atoms with E-state index in [1.165, 1.54) is 17.3 Å². The first-order chi connectivity index (χ1) is 10.4. The number of carbonyl (C=O) groups is 1. The van der Waals surface area contributed by atoms with Gasteiger partial charge in [0.2, 0.25) is 0 Å². The van der Waals surface area contributed by atoms with Crippen LogP contribution in [0.3, 0.4) is 0 Å². The molecule has 0 bridgehead atoms. The van der Waals surface area contributed by atoms with Gasteiger partial charge in [0.15, 0.2) is 0 Å². The molecule has 2 heterocycles. The minimum atomic E-state index is 0.0221. The molecule has 2 aliphatic heterocycles. The van der Waals surface area contributed by atoms with Crippen LogP contribution in [0.2, 0.25) is 0 Å². The summed E-state index contributed by atoms with van der Waals surface area (Å²) in [5, 5.41) is 0. The number of thioether (sulfide) groups is 1. The van der Waals surface area contributed by atoms with Crippen molar-refractivity contribution in [2.45, 2.75) is 33.3 Å². The molecule has 3 nitrogen and oxygen atoms in total. The fraction of sp³-hybridized carbons (Fsp3) is 0.412. The molecule has 0 spiro atoms. The van der Waals surface area contributed by atoms with Crippen LogP contribution in [-0.4, -0.2) is 27.8 Å². The Bertz CT molecular complexity index is 667. The predicted octanol–water partition coefficient (Wildman–Crippen LogP) is 3.87. The summed E-state index contributed by atoms with van der Waals surface area (Å²) in [6.45, 7) is 6.92. The van der Waals surface area contributed by atoms with Gasteiger partial charge in [0.05, 0.1) is 4.91 Å². The van der Waals surface area contributed by atoms with Crippen molar-refractivity contribution in [3.8, 4) is 5.75 Å². The van der Waals surface area contributed by atoms with Crippen LogP contribution in [0.5, 0.6) is 5.75 Å². The van der Waals surface area contributed by atoms with Gasteiger partial charge in [-0.3, -0.25) is 9.69 Å². The van der Waals surface area contributed by atoms with E-state index in [9.17, 15) is 4.79 Å². The second kappa shape index (κ2) is 6.05. The second-order valence-corrected chi connectivity index (χ2v) is 7.86. The number of fused-ring (bicyclic) bond motifs is 1. The lowest BCUT2D eigenvalue weighted by Crippen LogP contribution is -2.31. The normalized spacial score (nSPS) is 22.6. The summed E-state index contributed by atoms with van der Waals surface area (Å²) in [5.74, 6) is 1.38. The van der Waals surface area contributed by atoms with Crippen molar-refractivity contribution in [1.82, 2.24) is 4.90 Å².